The third kappa shape index (κ3) is 6.94. The van der Waals surface area contributed by atoms with Gasteiger partial charge in [-0.05, 0) is 6.92 Å². The Balaban J connectivity index is 2.10. The van der Waals surface area contributed by atoms with E-state index in [0.717, 1.165) is 22.2 Å². The van der Waals surface area contributed by atoms with Gasteiger partial charge < -0.3 is 10.4 Å². The zero-order chi connectivity index (χ0) is 14.3. The van der Waals surface area contributed by atoms with Crippen LogP contribution >= 0.6 is 23.1 Å². The Hall–Kier alpha value is -0.590. The lowest BCUT2D eigenvalue weighted by molar-refractivity contribution is -0.121. The number of hydrogen-bond donors (Lipinski definition) is 2. The Kier molecular flexibility index (Phi) is 6.82. The van der Waals surface area contributed by atoms with E-state index in [9.17, 15) is 4.79 Å². The van der Waals surface area contributed by atoms with Gasteiger partial charge in [0, 0.05) is 41.9 Å². The predicted octanol–water partition coefficient (Wildman–Crippen LogP) is 2.21. The highest BCUT2D eigenvalue weighted by molar-refractivity contribution is 7.98. The summed E-state index contributed by atoms with van der Waals surface area (Å²) in [5, 5.41) is 15.1. The molecule has 108 valence electrons. The predicted molar refractivity (Wildman–Crippen MR) is 81.5 cm³/mol. The summed E-state index contributed by atoms with van der Waals surface area (Å²) < 4.78 is 0. The van der Waals surface area contributed by atoms with E-state index in [0.29, 0.717) is 13.0 Å². The minimum Gasteiger partial charge on any atom is -0.396 e. The summed E-state index contributed by atoms with van der Waals surface area (Å²) in [7, 11) is 0. The minimum atomic E-state index is -0.249. The van der Waals surface area contributed by atoms with Gasteiger partial charge in [0.15, 0.2) is 0 Å². The lowest BCUT2D eigenvalue weighted by Crippen LogP contribution is -2.36. The van der Waals surface area contributed by atoms with Crippen LogP contribution in [0.25, 0.3) is 0 Å². The lowest BCUT2D eigenvalue weighted by Gasteiger charge is -2.21. The summed E-state index contributed by atoms with van der Waals surface area (Å²) in [6.45, 7) is 6.43. The highest BCUT2D eigenvalue weighted by Gasteiger charge is 2.17. The molecule has 0 saturated heterocycles. The van der Waals surface area contributed by atoms with Gasteiger partial charge in [0.25, 0.3) is 0 Å². The molecule has 1 aromatic heterocycles. The van der Waals surface area contributed by atoms with Gasteiger partial charge in [-0.1, -0.05) is 13.8 Å². The van der Waals surface area contributed by atoms with Gasteiger partial charge in [0.2, 0.25) is 5.91 Å². The molecule has 0 unspecified atom stereocenters. The van der Waals surface area contributed by atoms with Crippen LogP contribution in [0.3, 0.4) is 0 Å². The molecular formula is C13H22N2O2S2. The van der Waals surface area contributed by atoms with Crippen LogP contribution in [0.5, 0.6) is 0 Å². The van der Waals surface area contributed by atoms with E-state index in [-0.39, 0.29) is 17.9 Å². The monoisotopic (exact) mass is 302 g/mol. The summed E-state index contributed by atoms with van der Waals surface area (Å²) in [5.41, 5.74) is 0.843. The van der Waals surface area contributed by atoms with E-state index in [1.54, 1.807) is 23.1 Å². The second-order valence-corrected chi connectivity index (χ2v) is 7.43. The van der Waals surface area contributed by atoms with E-state index in [1.807, 2.05) is 20.8 Å². The standard InChI is InChI=1S/C13H22N2O2S2/c1-10-15-11(7-19-10)6-18-5-4-12(17)14-8-13(2,3)9-16/h7,16H,4-6,8-9H2,1-3H3,(H,14,17). The number of aliphatic hydroxyl groups is 1. The van der Waals surface area contributed by atoms with Crippen LogP contribution in [0.15, 0.2) is 5.38 Å². The number of carbonyl (C=O) groups excluding carboxylic acids is 1. The quantitative estimate of drug-likeness (QED) is 0.723. The highest BCUT2D eigenvalue weighted by atomic mass is 32.2. The number of thiazole rings is 1. The van der Waals surface area contributed by atoms with Crippen molar-refractivity contribution in [1.29, 1.82) is 0 Å². The number of aryl methyl sites for hydroxylation is 1. The normalized spacial score (nSPS) is 11.6. The number of amides is 1. The third-order valence-corrected chi connectivity index (χ3v) is 4.40. The summed E-state index contributed by atoms with van der Waals surface area (Å²) in [5.74, 6) is 1.70. The SMILES string of the molecule is Cc1nc(CSCCC(=O)NCC(C)(C)CO)cs1. The van der Waals surface area contributed by atoms with Crippen molar-refractivity contribution in [2.75, 3.05) is 18.9 Å². The summed E-state index contributed by atoms with van der Waals surface area (Å²) in [4.78, 5) is 16.0. The first-order valence-corrected chi connectivity index (χ1v) is 8.33. The van der Waals surface area contributed by atoms with Gasteiger partial charge in [0.1, 0.15) is 0 Å². The maximum atomic E-state index is 11.6. The molecule has 19 heavy (non-hydrogen) atoms. The van der Waals surface area contributed by atoms with Crippen molar-refractivity contribution in [3.63, 3.8) is 0 Å². The molecule has 0 atom stereocenters. The van der Waals surface area contributed by atoms with Crippen molar-refractivity contribution in [3.05, 3.63) is 16.1 Å². The lowest BCUT2D eigenvalue weighted by atomic mass is 9.95. The first-order valence-electron chi connectivity index (χ1n) is 6.29. The van der Waals surface area contributed by atoms with Crippen LogP contribution in [-0.4, -0.2) is 34.9 Å². The molecule has 6 heteroatoms. The number of carbonyl (C=O) groups is 1. The molecule has 1 heterocycles. The molecule has 0 aliphatic heterocycles. The van der Waals surface area contributed by atoms with Gasteiger partial charge in [-0.3, -0.25) is 4.79 Å². The Morgan fingerprint density at radius 3 is 2.89 bits per heavy atom. The number of nitrogens with zero attached hydrogens (tertiary/aromatic N) is 1. The van der Waals surface area contributed by atoms with Crippen molar-refractivity contribution in [2.45, 2.75) is 32.9 Å². The fourth-order valence-electron chi connectivity index (χ4n) is 1.30. The summed E-state index contributed by atoms with van der Waals surface area (Å²) in [6, 6.07) is 0. The number of hydrogen-bond acceptors (Lipinski definition) is 5. The van der Waals surface area contributed by atoms with Crippen LogP contribution in [0.4, 0.5) is 0 Å². The molecule has 0 saturated carbocycles. The van der Waals surface area contributed by atoms with Gasteiger partial charge in [-0.2, -0.15) is 11.8 Å². The van der Waals surface area contributed by atoms with E-state index in [2.05, 4.69) is 15.7 Å². The van der Waals surface area contributed by atoms with Crippen molar-refractivity contribution in [1.82, 2.24) is 10.3 Å². The molecule has 4 nitrogen and oxygen atoms in total. The Morgan fingerprint density at radius 2 is 2.32 bits per heavy atom. The number of rotatable bonds is 8. The largest absolute Gasteiger partial charge is 0.396 e. The topological polar surface area (TPSA) is 62.2 Å². The molecule has 0 fully saturated rings. The highest BCUT2D eigenvalue weighted by Crippen LogP contribution is 2.16. The van der Waals surface area contributed by atoms with E-state index in [1.165, 1.54) is 0 Å². The second-order valence-electron chi connectivity index (χ2n) is 5.26. The average molecular weight is 302 g/mol. The van der Waals surface area contributed by atoms with Gasteiger partial charge in [-0.25, -0.2) is 4.98 Å². The number of thioether (sulfide) groups is 1. The molecule has 0 spiro atoms. The zero-order valence-electron chi connectivity index (χ0n) is 11.7. The summed E-state index contributed by atoms with van der Waals surface area (Å²) >= 11 is 3.38. The van der Waals surface area contributed by atoms with Crippen molar-refractivity contribution in [3.8, 4) is 0 Å². The Morgan fingerprint density at radius 1 is 1.58 bits per heavy atom. The molecule has 0 radical (unpaired) electrons. The van der Waals surface area contributed by atoms with Crippen LogP contribution in [0.2, 0.25) is 0 Å². The zero-order valence-corrected chi connectivity index (χ0v) is 13.4. The molecule has 0 aliphatic rings. The molecule has 0 aliphatic carbocycles. The summed E-state index contributed by atoms with van der Waals surface area (Å²) in [6.07, 6.45) is 0.509. The molecule has 1 rings (SSSR count). The Bertz CT molecular complexity index is 405. The van der Waals surface area contributed by atoms with Crippen LogP contribution in [0, 0.1) is 12.3 Å². The molecule has 0 aromatic carbocycles. The smallest absolute Gasteiger partial charge is 0.220 e. The molecule has 2 N–H and O–H groups in total. The molecule has 1 amide bonds. The number of aromatic nitrogens is 1. The Labute approximate surface area is 123 Å². The first-order chi connectivity index (χ1) is 8.93. The van der Waals surface area contributed by atoms with Gasteiger partial charge in [0.05, 0.1) is 10.7 Å². The number of nitrogens with one attached hydrogen (secondary N) is 1. The fraction of sp³-hybridized carbons (Fsp3) is 0.692. The molecular weight excluding hydrogens is 280 g/mol. The fourth-order valence-corrected chi connectivity index (χ4v) is 2.85. The molecule has 0 bridgehead atoms. The van der Waals surface area contributed by atoms with E-state index < -0.39 is 0 Å². The third-order valence-electron chi connectivity index (χ3n) is 2.58. The van der Waals surface area contributed by atoms with E-state index >= 15 is 0 Å². The average Bonchev–Trinajstić information content (AvgIpc) is 2.78. The maximum Gasteiger partial charge on any atom is 0.220 e. The number of aliphatic hydroxyl groups excluding tert-OH is 1. The van der Waals surface area contributed by atoms with Crippen molar-refractivity contribution in [2.24, 2.45) is 5.41 Å². The van der Waals surface area contributed by atoms with E-state index in [4.69, 9.17) is 5.11 Å². The van der Waals surface area contributed by atoms with Crippen molar-refractivity contribution >= 4 is 29.0 Å². The van der Waals surface area contributed by atoms with Crippen molar-refractivity contribution < 1.29 is 9.90 Å². The van der Waals surface area contributed by atoms with Crippen LogP contribution in [-0.2, 0) is 10.5 Å². The van der Waals surface area contributed by atoms with Gasteiger partial charge >= 0.3 is 0 Å². The van der Waals surface area contributed by atoms with Crippen LogP contribution in [0.1, 0.15) is 31.0 Å². The van der Waals surface area contributed by atoms with Crippen LogP contribution < -0.4 is 5.32 Å². The minimum absolute atomic E-state index is 0.0449. The maximum absolute atomic E-state index is 11.6. The molecule has 1 aromatic rings. The second kappa shape index (κ2) is 7.87. The van der Waals surface area contributed by atoms with Gasteiger partial charge in [-0.15, -0.1) is 11.3 Å². The first kappa shape index (κ1) is 16.5.